The average molecular weight is 368 g/mol. The molecule has 3 heterocycles. The van der Waals surface area contributed by atoms with Crippen molar-refractivity contribution in [3.05, 3.63) is 47.5 Å². The van der Waals surface area contributed by atoms with Gasteiger partial charge in [-0.05, 0) is 48.2 Å². The summed E-state index contributed by atoms with van der Waals surface area (Å²) in [7, 11) is 0. The number of piperidine rings is 1. The first kappa shape index (κ1) is 16.7. The van der Waals surface area contributed by atoms with Gasteiger partial charge in [0.1, 0.15) is 0 Å². The number of hydrazine groups is 1. The molecule has 0 N–H and O–H groups in total. The van der Waals surface area contributed by atoms with E-state index in [1.807, 2.05) is 12.1 Å². The van der Waals surface area contributed by atoms with E-state index in [-0.39, 0.29) is 0 Å². The van der Waals surface area contributed by atoms with Crippen molar-refractivity contribution in [3.63, 3.8) is 0 Å². The Morgan fingerprint density at radius 1 is 0.667 bits per heavy atom. The smallest absolute Gasteiger partial charge is 0.231 e. The van der Waals surface area contributed by atoms with E-state index in [0.29, 0.717) is 13.6 Å². The van der Waals surface area contributed by atoms with Crippen molar-refractivity contribution < 1.29 is 18.9 Å². The van der Waals surface area contributed by atoms with Gasteiger partial charge in [-0.2, -0.15) is 0 Å². The highest BCUT2D eigenvalue weighted by Gasteiger charge is 2.22. The van der Waals surface area contributed by atoms with Crippen molar-refractivity contribution in [3.8, 4) is 23.0 Å². The molecule has 5 rings (SSSR count). The van der Waals surface area contributed by atoms with Gasteiger partial charge in [0, 0.05) is 26.2 Å². The predicted molar refractivity (Wildman–Crippen MR) is 99.8 cm³/mol. The second-order valence-electron chi connectivity index (χ2n) is 7.21. The quantitative estimate of drug-likeness (QED) is 0.804. The maximum atomic E-state index is 5.55. The number of nitrogens with zero attached hydrogens (tertiary/aromatic N) is 2. The molecule has 1 fully saturated rings. The van der Waals surface area contributed by atoms with Crippen molar-refractivity contribution in [2.24, 2.45) is 0 Å². The Labute approximate surface area is 159 Å². The largest absolute Gasteiger partial charge is 0.454 e. The van der Waals surface area contributed by atoms with Gasteiger partial charge in [0.2, 0.25) is 13.6 Å². The van der Waals surface area contributed by atoms with Crippen molar-refractivity contribution in [1.29, 1.82) is 0 Å². The number of hydrogen-bond acceptors (Lipinski definition) is 6. The van der Waals surface area contributed by atoms with Gasteiger partial charge in [-0.25, -0.2) is 10.0 Å². The van der Waals surface area contributed by atoms with Gasteiger partial charge >= 0.3 is 0 Å². The normalized spacial score (nSPS) is 18.3. The van der Waals surface area contributed by atoms with Crippen LogP contribution in [-0.4, -0.2) is 36.7 Å². The molecule has 27 heavy (non-hydrogen) atoms. The van der Waals surface area contributed by atoms with Gasteiger partial charge in [0.05, 0.1) is 0 Å². The molecule has 0 unspecified atom stereocenters. The molecule has 0 amide bonds. The molecule has 2 aromatic carbocycles. The standard InChI is InChI=1S/C21H24N2O4/c1-2-8-22(9-3-1)23(12-16-4-6-18-20(10-16)26-14-24-18)13-17-5-7-19-21(11-17)27-15-25-19/h4-7,10-11H,1-3,8-9,12-15H2. The highest BCUT2D eigenvalue weighted by atomic mass is 16.7. The summed E-state index contributed by atoms with van der Waals surface area (Å²) in [5.74, 6) is 3.35. The second kappa shape index (κ2) is 7.29. The molecule has 6 nitrogen and oxygen atoms in total. The molecule has 0 spiro atoms. The lowest BCUT2D eigenvalue weighted by atomic mass is 10.1. The van der Waals surface area contributed by atoms with Crippen LogP contribution in [-0.2, 0) is 13.1 Å². The molecule has 1 saturated heterocycles. The van der Waals surface area contributed by atoms with Crippen molar-refractivity contribution in [2.75, 3.05) is 26.7 Å². The Hall–Kier alpha value is -2.44. The molecular formula is C21H24N2O4. The number of hydrogen-bond donors (Lipinski definition) is 0. The first-order valence-corrected chi connectivity index (χ1v) is 9.62. The van der Waals surface area contributed by atoms with E-state index in [4.69, 9.17) is 18.9 Å². The molecule has 3 aliphatic heterocycles. The van der Waals surface area contributed by atoms with Gasteiger partial charge < -0.3 is 18.9 Å². The van der Waals surface area contributed by atoms with Gasteiger partial charge in [-0.1, -0.05) is 18.6 Å². The van der Waals surface area contributed by atoms with Gasteiger partial charge in [-0.15, -0.1) is 0 Å². The SMILES string of the molecule is c1cc2c(cc1CN(Cc1ccc3c(c1)OCO3)N1CCCCC1)OCO2. The molecule has 142 valence electrons. The summed E-state index contributed by atoms with van der Waals surface area (Å²) in [4.78, 5) is 0. The number of fused-ring (bicyclic) bond motifs is 2. The minimum atomic E-state index is 0.311. The van der Waals surface area contributed by atoms with Crippen LogP contribution >= 0.6 is 0 Å². The predicted octanol–water partition coefficient (Wildman–Crippen LogP) is 3.55. The molecule has 0 aromatic heterocycles. The molecule has 0 aliphatic carbocycles. The Kier molecular flexibility index (Phi) is 4.51. The maximum Gasteiger partial charge on any atom is 0.231 e. The second-order valence-corrected chi connectivity index (χ2v) is 7.21. The van der Waals surface area contributed by atoms with Crippen molar-refractivity contribution in [2.45, 2.75) is 32.4 Å². The van der Waals surface area contributed by atoms with Crippen LogP contribution < -0.4 is 18.9 Å². The molecule has 0 saturated carbocycles. The van der Waals surface area contributed by atoms with E-state index < -0.39 is 0 Å². The third kappa shape index (κ3) is 3.55. The molecular weight excluding hydrogens is 344 g/mol. The van der Waals surface area contributed by atoms with Crippen molar-refractivity contribution >= 4 is 0 Å². The van der Waals surface area contributed by atoms with Crippen LogP contribution in [0.25, 0.3) is 0 Å². The van der Waals surface area contributed by atoms with E-state index in [9.17, 15) is 0 Å². The zero-order chi connectivity index (χ0) is 18.1. The number of benzene rings is 2. The van der Waals surface area contributed by atoms with Crippen LogP contribution in [0, 0.1) is 0 Å². The maximum absolute atomic E-state index is 5.55. The summed E-state index contributed by atoms with van der Waals surface area (Å²) in [6.07, 6.45) is 3.82. The molecule has 3 aliphatic rings. The van der Waals surface area contributed by atoms with Gasteiger partial charge in [-0.3, -0.25) is 0 Å². The number of ether oxygens (including phenoxy) is 4. The molecule has 6 heteroatoms. The lowest BCUT2D eigenvalue weighted by molar-refractivity contribution is -0.0544. The zero-order valence-electron chi connectivity index (χ0n) is 15.4. The summed E-state index contributed by atoms with van der Waals surface area (Å²) >= 11 is 0. The highest BCUT2D eigenvalue weighted by Crippen LogP contribution is 2.35. The van der Waals surface area contributed by atoms with Crippen LogP contribution in [0.2, 0.25) is 0 Å². The van der Waals surface area contributed by atoms with Crippen LogP contribution in [0.1, 0.15) is 30.4 Å². The Morgan fingerprint density at radius 3 is 1.74 bits per heavy atom. The summed E-state index contributed by atoms with van der Waals surface area (Å²) in [6, 6.07) is 12.5. The summed E-state index contributed by atoms with van der Waals surface area (Å²) in [5, 5.41) is 4.92. The van der Waals surface area contributed by atoms with Crippen LogP contribution in [0.4, 0.5) is 0 Å². The zero-order valence-corrected chi connectivity index (χ0v) is 15.4. The first-order chi connectivity index (χ1) is 13.3. The lowest BCUT2D eigenvalue weighted by Gasteiger charge is -2.37. The van der Waals surface area contributed by atoms with E-state index >= 15 is 0 Å². The van der Waals surface area contributed by atoms with Crippen LogP contribution in [0.5, 0.6) is 23.0 Å². The number of rotatable bonds is 5. The fraction of sp³-hybridized carbons (Fsp3) is 0.429. The molecule has 0 atom stereocenters. The average Bonchev–Trinajstić information content (AvgIpc) is 3.36. The highest BCUT2D eigenvalue weighted by molar-refractivity contribution is 5.45. The topological polar surface area (TPSA) is 43.4 Å². The Bertz CT molecular complexity index is 760. The minimum Gasteiger partial charge on any atom is -0.454 e. The fourth-order valence-corrected chi connectivity index (χ4v) is 3.92. The third-order valence-corrected chi connectivity index (χ3v) is 5.34. The van der Waals surface area contributed by atoms with E-state index in [1.54, 1.807) is 0 Å². The first-order valence-electron chi connectivity index (χ1n) is 9.62. The van der Waals surface area contributed by atoms with Crippen LogP contribution in [0.15, 0.2) is 36.4 Å². The van der Waals surface area contributed by atoms with Gasteiger partial charge in [0.25, 0.3) is 0 Å². The monoisotopic (exact) mass is 368 g/mol. The van der Waals surface area contributed by atoms with E-state index in [0.717, 1.165) is 49.2 Å². The molecule has 0 radical (unpaired) electrons. The summed E-state index contributed by atoms with van der Waals surface area (Å²) in [6.45, 7) is 4.51. The summed E-state index contributed by atoms with van der Waals surface area (Å²) < 4.78 is 22.0. The summed E-state index contributed by atoms with van der Waals surface area (Å²) in [5.41, 5.74) is 2.45. The third-order valence-electron chi connectivity index (χ3n) is 5.34. The molecule has 2 aromatic rings. The fourth-order valence-electron chi connectivity index (χ4n) is 3.92. The van der Waals surface area contributed by atoms with Gasteiger partial charge in [0.15, 0.2) is 23.0 Å². The Morgan fingerprint density at radius 2 is 1.19 bits per heavy atom. The molecule has 0 bridgehead atoms. The Balaban J connectivity index is 1.37. The van der Waals surface area contributed by atoms with Crippen LogP contribution in [0.3, 0.4) is 0 Å². The minimum absolute atomic E-state index is 0.311. The van der Waals surface area contributed by atoms with E-state index in [1.165, 1.54) is 30.4 Å². The van der Waals surface area contributed by atoms with Crippen molar-refractivity contribution in [1.82, 2.24) is 10.0 Å². The van der Waals surface area contributed by atoms with E-state index in [2.05, 4.69) is 34.3 Å². The lowest BCUT2D eigenvalue weighted by Crippen LogP contribution is -2.44.